The Hall–Kier alpha value is -1.16. The Morgan fingerprint density at radius 2 is 2.15 bits per heavy atom. The largest absolute Gasteiger partial charge is 0.330 e. The topological polar surface area (TPSA) is 60.9 Å². The van der Waals surface area contributed by atoms with Crippen molar-refractivity contribution in [2.24, 2.45) is 17.6 Å². The fourth-order valence-electron chi connectivity index (χ4n) is 3.33. The van der Waals surface area contributed by atoms with Crippen LogP contribution in [0.4, 0.5) is 0 Å². The molecule has 1 aromatic heterocycles. The number of hydrogen-bond acceptors (Lipinski definition) is 3. The molecule has 1 aromatic rings. The molecule has 0 radical (unpaired) electrons. The third kappa shape index (κ3) is 3.29. The van der Waals surface area contributed by atoms with Gasteiger partial charge in [-0.05, 0) is 44.7 Å². The van der Waals surface area contributed by atoms with Crippen LogP contribution in [0.15, 0.2) is 6.07 Å². The first kappa shape index (κ1) is 15.2. The predicted molar refractivity (Wildman–Crippen MR) is 80.5 cm³/mol. The lowest BCUT2D eigenvalue weighted by Crippen LogP contribution is -2.33. The molecule has 2 N–H and O–H groups in total. The Kier molecular flexibility index (Phi) is 5.35. The summed E-state index contributed by atoms with van der Waals surface area (Å²) in [4.78, 5) is 12.6. The number of nitrogens with zero attached hydrogens (tertiary/aromatic N) is 2. The molecule has 0 spiro atoms. The van der Waals surface area contributed by atoms with Crippen molar-refractivity contribution in [1.29, 1.82) is 0 Å². The quantitative estimate of drug-likeness (QED) is 0.868. The summed E-state index contributed by atoms with van der Waals surface area (Å²) in [6.07, 6.45) is 5.95. The van der Waals surface area contributed by atoms with Crippen LogP contribution in [0.25, 0.3) is 0 Å². The van der Waals surface area contributed by atoms with Gasteiger partial charge >= 0.3 is 0 Å². The van der Waals surface area contributed by atoms with E-state index in [0.29, 0.717) is 24.7 Å². The highest BCUT2D eigenvalue weighted by molar-refractivity contribution is 5.83. The van der Waals surface area contributed by atoms with Crippen molar-refractivity contribution in [1.82, 2.24) is 9.78 Å². The number of ketones is 1. The van der Waals surface area contributed by atoms with Crippen LogP contribution in [0.2, 0.25) is 0 Å². The third-order valence-electron chi connectivity index (χ3n) is 4.56. The van der Waals surface area contributed by atoms with E-state index in [4.69, 9.17) is 5.73 Å². The van der Waals surface area contributed by atoms with E-state index in [1.54, 1.807) is 0 Å². The maximum Gasteiger partial charge on any atom is 0.142 e. The third-order valence-corrected chi connectivity index (χ3v) is 4.56. The molecule has 1 heterocycles. The Morgan fingerprint density at radius 3 is 2.80 bits per heavy atom. The van der Waals surface area contributed by atoms with Crippen LogP contribution >= 0.6 is 0 Å². The number of hydrogen-bond donors (Lipinski definition) is 1. The molecule has 2 rings (SSSR count). The summed E-state index contributed by atoms with van der Waals surface area (Å²) in [6, 6.07) is 2.08. The molecule has 0 aromatic carbocycles. The summed E-state index contributed by atoms with van der Waals surface area (Å²) in [7, 11) is 0. The first-order valence-electron chi connectivity index (χ1n) is 7.97. The Bertz CT molecular complexity index is 453. The summed E-state index contributed by atoms with van der Waals surface area (Å²) >= 11 is 0. The highest BCUT2D eigenvalue weighted by atomic mass is 16.1. The molecule has 0 aliphatic heterocycles. The van der Waals surface area contributed by atoms with Gasteiger partial charge in [-0.3, -0.25) is 9.48 Å². The molecule has 0 bridgehead atoms. The van der Waals surface area contributed by atoms with Crippen molar-refractivity contribution < 1.29 is 4.79 Å². The van der Waals surface area contributed by atoms with E-state index < -0.39 is 0 Å². The normalized spacial score (nSPS) is 22.9. The number of rotatable bonds is 6. The maximum absolute atomic E-state index is 12.6. The SMILES string of the molecule is CCc1cc(CC(=O)C2CCCCC2CN)n(CC)n1. The molecule has 4 nitrogen and oxygen atoms in total. The lowest BCUT2D eigenvalue weighted by atomic mass is 9.76. The van der Waals surface area contributed by atoms with Gasteiger partial charge in [-0.2, -0.15) is 5.10 Å². The van der Waals surface area contributed by atoms with Crippen LogP contribution in [0, 0.1) is 11.8 Å². The van der Waals surface area contributed by atoms with Gasteiger partial charge in [-0.15, -0.1) is 0 Å². The molecule has 112 valence electrons. The van der Waals surface area contributed by atoms with Crippen molar-refractivity contribution >= 4 is 5.78 Å². The zero-order valence-electron chi connectivity index (χ0n) is 12.8. The van der Waals surface area contributed by atoms with Crippen molar-refractivity contribution in [3.05, 3.63) is 17.5 Å². The van der Waals surface area contributed by atoms with E-state index in [1.807, 2.05) is 4.68 Å². The van der Waals surface area contributed by atoms with E-state index in [2.05, 4.69) is 25.0 Å². The molecule has 0 amide bonds. The summed E-state index contributed by atoms with van der Waals surface area (Å²) in [6.45, 7) is 5.64. The molecule has 1 fully saturated rings. The molecular formula is C16H27N3O. The zero-order valence-corrected chi connectivity index (χ0v) is 12.8. The van der Waals surface area contributed by atoms with Gasteiger partial charge in [-0.1, -0.05) is 19.8 Å². The van der Waals surface area contributed by atoms with Crippen molar-refractivity contribution in [3.63, 3.8) is 0 Å². The van der Waals surface area contributed by atoms with Gasteiger partial charge in [0.25, 0.3) is 0 Å². The molecule has 1 saturated carbocycles. The fraction of sp³-hybridized carbons (Fsp3) is 0.750. The van der Waals surface area contributed by atoms with E-state index in [-0.39, 0.29) is 5.92 Å². The predicted octanol–water partition coefficient (Wildman–Crippen LogP) is 2.34. The summed E-state index contributed by atoms with van der Waals surface area (Å²) in [5.74, 6) is 0.913. The average Bonchev–Trinajstić information content (AvgIpc) is 2.89. The van der Waals surface area contributed by atoms with Gasteiger partial charge in [0.2, 0.25) is 0 Å². The van der Waals surface area contributed by atoms with Gasteiger partial charge in [0, 0.05) is 24.6 Å². The number of aryl methyl sites for hydroxylation is 2. The smallest absolute Gasteiger partial charge is 0.142 e. The highest BCUT2D eigenvalue weighted by Gasteiger charge is 2.30. The van der Waals surface area contributed by atoms with Gasteiger partial charge < -0.3 is 5.73 Å². The van der Waals surface area contributed by atoms with Gasteiger partial charge in [-0.25, -0.2) is 0 Å². The second-order valence-corrected chi connectivity index (χ2v) is 5.83. The van der Waals surface area contributed by atoms with Crippen LogP contribution in [0.1, 0.15) is 50.9 Å². The lowest BCUT2D eigenvalue weighted by molar-refractivity contribution is -0.124. The number of Topliss-reactive ketones (excluding diaryl/α,β-unsaturated/α-hetero) is 1. The zero-order chi connectivity index (χ0) is 14.5. The maximum atomic E-state index is 12.6. The minimum atomic E-state index is 0.166. The molecule has 1 aliphatic rings. The van der Waals surface area contributed by atoms with E-state index in [9.17, 15) is 4.79 Å². The first-order valence-corrected chi connectivity index (χ1v) is 7.97. The van der Waals surface area contributed by atoms with Crippen LogP contribution in [-0.4, -0.2) is 22.1 Å². The highest BCUT2D eigenvalue weighted by Crippen LogP contribution is 2.30. The number of carbonyl (C=O) groups excluding carboxylic acids is 1. The van der Waals surface area contributed by atoms with Crippen molar-refractivity contribution in [2.45, 2.75) is 58.9 Å². The first-order chi connectivity index (χ1) is 9.69. The van der Waals surface area contributed by atoms with Crippen molar-refractivity contribution in [3.8, 4) is 0 Å². The molecule has 2 unspecified atom stereocenters. The molecular weight excluding hydrogens is 250 g/mol. The Morgan fingerprint density at radius 1 is 1.40 bits per heavy atom. The number of aromatic nitrogens is 2. The van der Waals surface area contributed by atoms with Crippen LogP contribution in [0.3, 0.4) is 0 Å². The molecule has 0 saturated heterocycles. The van der Waals surface area contributed by atoms with Crippen LogP contribution in [0.5, 0.6) is 0 Å². The van der Waals surface area contributed by atoms with Gasteiger partial charge in [0.1, 0.15) is 5.78 Å². The summed E-state index contributed by atoms with van der Waals surface area (Å²) in [5, 5.41) is 4.52. The standard InChI is InChI=1S/C16H27N3O/c1-3-13-9-14(19(4-2)18-13)10-16(20)15-8-6-5-7-12(15)11-17/h9,12,15H,3-8,10-11,17H2,1-2H3. The average molecular weight is 277 g/mol. The number of carbonyl (C=O) groups is 1. The van der Waals surface area contributed by atoms with E-state index >= 15 is 0 Å². The second-order valence-electron chi connectivity index (χ2n) is 5.83. The minimum Gasteiger partial charge on any atom is -0.330 e. The summed E-state index contributed by atoms with van der Waals surface area (Å²) < 4.78 is 1.97. The van der Waals surface area contributed by atoms with Crippen LogP contribution < -0.4 is 5.73 Å². The fourth-order valence-corrected chi connectivity index (χ4v) is 3.33. The van der Waals surface area contributed by atoms with E-state index in [1.165, 1.54) is 12.8 Å². The number of nitrogens with two attached hydrogens (primary N) is 1. The summed E-state index contributed by atoms with van der Waals surface area (Å²) in [5.41, 5.74) is 7.98. The lowest BCUT2D eigenvalue weighted by Gasteiger charge is -2.29. The monoisotopic (exact) mass is 277 g/mol. The van der Waals surface area contributed by atoms with Crippen LogP contribution in [-0.2, 0) is 24.2 Å². The second kappa shape index (κ2) is 7.02. The Balaban J connectivity index is 2.08. The van der Waals surface area contributed by atoms with Crippen molar-refractivity contribution in [2.75, 3.05) is 6.54 Å². The van der Waals surface area contributed by atoms with Gasteiger partial charge in [0.15, 0.2) is 0 Å². The molecule has 1 aliphatic carbocycles. The Labute approximate surface area is 121 Å². The molecule has 4 heteroatoms. The molecule has 20 heavy (non-hydrogen) atoms. The van der Waals surface area contributed by atoms with E-state index in [0.717, 1.165) is 37.2 Å². The molecule has 2 atom stereocenters. The minimum absolute atomic E-state index is 0.166. The van der Waals surface area contributed by atoms with Gasteiger partial charge in [0.05, 0.1) is 5.69 Å².